The quantitative estimate of drug-likeness (QED) is 0.274. The van der Waals surface area contributed by atoms with Gasteiger partial charge in [0, 0.05) is 61.2 Å². The van der Waals surface area contributed by atoms with Crippen LogP contribution in [0.15, 0.2) is 79.1 Å². The van der Waals surface area contributed by atoms with Gasteiger partial charge in [-0.15, -0.1) is 0 Å². The summed E-state index contributed by atoms with van der Waals surface area (Å²) in [4.78, 5) is 21.1. The summed E-state index contributed by atoms with van der Waals surface area (Å²) < 4.78 is 0. The minimum absolute atomic E-state index is 0.0668. The fourth-order valence-corrected chi connectivity index (χ4v) is 4.78. The van der Waals surface area contributed by atoms with Crippen molar-refractivity contribution in [2.45, 2.75) is 18.9 Å². The SMILES string of the molecule is O=C(/C=C/c1cccnc1)NCCCCN1CCN(C(c2ccc(Cl)cc2)c2ccc(Cl)cc2)CC1. The lowest BCUT2D eigenvalue weighted by Crippen LogP contribution is -2.48. The fraction of sp³-hybridized carbons (Fsp3) is 0.310. The van der Waals surface area contributed by atoms with E-state index in [1.165, 1.54) is 11.1 Å². The van der Waals surface area contributed by atoms with Crippen molar-refractivity contribution < 1.29 is 4.79 Å². The van der Waals surface area contributed by atoms with Gasteiger partial charge in [-0.25, -0.2) is 0 Å². The molecular formula is C29H32Cl2N4O. The van der Waals surface area contributed by atoms with Crippen molar-refractivity contribution in [3.8, 4) is 0 Å². The molecule has 7 heteroatoms. The predicted octanol–water partition coefficient (Wildman–Crippen LogP) is 5.71. The van der Waals surface area contributed by atoms with E-state index in [1.807, 2.05) is 36.4 Å². The van der Waals surface area contributed by atoms with Gasteiger partial charge in [-0.3, -0.25) is 14.7 Å². The van der Waals surface area contributed by atoms with Gasteiger partial charge in [-0.05, 0) is 72.5 Å². The Balaban J connectivity index is 1.21. The molecule has 2 heterocycles. The summed E-state index contributed by atoms with van der Waals surface area (Å²) >= 11 is 12.3. The molecule has 1 aliphatic heterocycles. The van der Waals surface area contributed by atoms with E-state index in [0.29, 0.717) is 6.54 Å². The van der Waals surface area contributed by atoms with Crippen molar-refractivity contribution in [2.75, 3.05) is 39.3 Å². The van der Waals surface area contributed by atoms with Gasteiger partial charge in [-0.2, -0.15) is 0 Å². The van der Waals surface area contributed by atoms with Gasteiger partial charge in [0.15, 0.2) is 0 Å². The van der Waals surface area contributed by atoms with Crippen molar-refractivity contribution in [1.82, 2.24) is 20.1 Å². The number of carbonyl (C=O) groups excluding carboxylic acids is 1. The first-order chi connectivity index (χ1) is 17.6. The summed E-state index contributed by atoms with van der Waals surface area (Å²) in [6.45, 7) is 5.76. The molecule has 5 nitrogen and oxygen atoms in total. The van der Waals surface area contributed by atoms with E-state index in [1.54, 1.807) is 24.5 Å². The number of carbonyl (C=O) groups is 1. The van der Waals surface area contributed by atoms with E-state index in [2.05, 4.69) is 44.4 Å². The Kier molecular flexibility index (Phi) is 9.93. The Labute approximate surface area is 223 Å². The smallest absolute Gasteiger partial charge is 0.243 e. The van der Waals surface area contributed by atoms with Gasteiger partial charge in [0.05, 0.1) is 6.04 Å². The van der Waals surface area contributed by atoms with Crippen LogP contribution in [0.3, 0.4) is 0 Å². The highest BCUT2D eigenvalue weighted by molar-refractivity contribution is 6.30. The van der Waals surface area contributed by atoms with Crippen molar-refractivity contribution >= 4 is 35.2 Å². The van der Waals surface area contributed by atoms with Crippen LogP contribution in [0, 0.1) is 0 Å². The predicted molar refractivity (Wildman–Crippen MR) is 148 cm³/mol. The van der Waals surface area contributed by atoms with Crippen LogP contribution in [-0.2, 0) is 4.79 Å². The lowest BCUT2D eigenvalue weighted by Gasteiger charge is -2.40. The lowest BCUT2D eigenvalue weighted by atomic mass is 9.96. The maximum absolute atomic E-state index is 12.0. The van der Waals surface area contributed by atoms with Crippen LogP contribution >= 0.6 is 23.2 Å². The molecular weight excluding hydrogens is 491 g/mol. The van der Waals surface area contributed by atoms with Crippen LogP contribution in [0.4, 0.5) is 0 Å². The van der Waals surface area contributed by atoms with Crippen LogP contribution in [0.25, 0.3) is 6.08 Å². The first-order valence-corrected chi connectivity index (χ1v) is 13.2. The summed E-state index contributed by atoms with van der Waals surface area (Å²) in [5.41, 5.74) is 3.40. The molecule has 1 aromatic heterocycles. The Morgan fingerprint density at radius 1 is 0.917 bits per heavy atom. The zero-order valence-corrected chi connectivity index (χ0v) is 21.8. The summed E-state index contributed by atoms with van der Waals surface area (Å²) in [5, 5.41) is 4.46. The normalized spacial score (nSPS) is 15.0. The number of benzene rings is 2. The van der Waals surface area contributed by atoms with Gasteiger partial charge in [0.25, 0.3) is 0 Å². The number of aromatic nitrogens is 1. The van der Waals surface area contributed by atoms with Crippen molar-refractivity contribution in [1.29, 1.82) is 0 Å². The molecule has 1 fully saturated rings. The molecule has 2 aromatic carbocycles. The second kappa shape index (κ2) is 13.6. The zero-order chi connectivity index (χ0) is 25.2. The number of unbranched alkanes of at least 4 members (excludes halogenated alkanes) is 1. The standard InChI is InChI=1S/C29H32Cl2N4O/c30-26-10-6-24(7-11-26)29(25-8-12-27(31)13-9-25)35-20-18-34(19-21-35)17-2-1-16-33-28(36)14-5-23-4-3-15-32-22-23/h3-15,22,29H,1-2,16-21H2,(H,33,36)/b14-5+. The average Bonchev–Trinajstić information content (AvgIpc) is 2.91. The molecule has 0 atom stereocenters. The number of hydrogen-bond donors (Lipinski definition) is 1. The Hall–Kier alpha value is -2.70. The third-order valence-corrected chi connectivity index (χ3v) is 6.96. The molecule has 0 aliphatic carbocycles. The third-order valence-electron chi connectivity index (χ3n) is 6.46. The van der Waals surface area contributed by atoms with E-state index in [4.69, 9.17) is 23.2 Å². The highest BCUT2D eigenvalue weighted by Gasteiger charge is 2.26. The van der Waals surface area contributed by atoms with Crippen molar-refractivity contribution in [3.05, 3.63) is 106 Å². The lowest BCUT2D eigenvalue weighted by molar-refractivity contribution is -0.116. The maximum atomic E-state index is 12.0. The monoisotopic (exact) mass is 522 g/mol. The summed E-state index contributed by atoms with van der Waals surface area (Å²) in [6.07, 6.45) is 8.82. The van der Waals surface area contributed by atoms with E-state index >= 15 is 0 Å². The molecule has 1 amide bonds. The number of nitrogens with one attached hydrogen (secondary N) is 1. The molecule has 0 spiro atoms. The molecule has 1 N–H and O–H groups in total. The maximum Gasteiger partial charge on any atom is 0.243 e. The minimum atomic E-state index is -0.0668. The average molecular weight is 524 g/mol. The Morgan fingerprint density at radius 2 is 1.56 bits per heavy atom. The molecule has 0 bridgehead atoms. The second-order valence-corrected chi connectivity index (χ2v) is 9.87. The summed E-state index contributed by atoms with van der Waals surface area (Å²) in [7, 11) is 0. The van der Waals surface area contributed by atoms with Crippen LogP contribution in [-0.4, -0.2) is 60.0 Å². The highest BCUT2D eigenvalue weighted by atomic mass is 35.5. The molecule has 1 aliphatic rings. The second-order valence-electron chi connectivity index (χ2n) is 9.00. The van der Waals surface area contributed by atoms with Crippen LogP contribution in [0.1, 0.15) is 35.6 Å². The topological polar surface area (TPSA) is 48.5 Å². The first-order valence-electron chi connectivity index (χ1n) is 12.4. The number of halogens is 2. The number of nitrogens with zero attached hydrogens (tertiary/aromatic N) is 3. The minimum Gasteiger partial charge on any atom is -0.353 e. The molecule has 3 aromatic rings. The van der Waals surface area contributed by atoms with Gasteiger partial charge in [-0.1, -0.05) is 53.5 Å². The third kappa shape index (κ3) is 7.90. The van der Waals surface area contributed by atoms with E-state index in [-0.39, 0.29) is 11.9 Å². The molecule has 36 heavy (non-hydrogen) atoms. The Morgan fingerprint density at radius 3 is 2.14 bits per heavy atom. The van der Waals surface area contributed by atoms with E-state index in [9.17, 15) is 4.79 Å². The van der Waals surface area contributed by atoms with Gasteiger partial charge >= 0.3 is 0 Å². The largest absolute Gasteiger partial charge is 0.353 e. The highest BCUT2D eigenvalue weighted by Crippen LogP contribution is 2.31. The molecule has 1 saturated heterocycles. The number of hydrogen-bond acceptors (Lipinski definition) is 4. The van der Waals surface area contributed by atoms with Crippen LogP contribution in [0.5, 0.6) is 0 Å². The number of piperazine rings is 1. The van der Waals surface area contributed by atoms with E-state index < -0.39 is 0 Å². The summed E-state index contributed by atoms with van der Waals surface area (Å²) in [5.74, 6) is -0.0668. The van der Waals surface area contributed by atoms with Crippen LogP contribution < -0.4 is 5.32 Å². The van der Waals surface area contributed by atoms with Gasteiger partial charge in [0.2, 0.25) is 5.91 Å². The number of rotatable bonds is 10. The van der Waals surface area contributed by atoms with Gasteiger partial charge < -0.3 is 10.2 Å². The molecule has 4 rings (SSSR count). The number of pyridine rings is 1. The Bertz CT molecular complexity index is 1070. The van der Waals surface area contributed by atoms with E-state index in [0.717, 1.165) is 61.2 Å². The van der Waals surface area contributed by atoms with Crippen molar-refractivity contribution in [3.63, 3.8) is 0 Å². The zero-order valence-electron chi connectivity index (χ0n) is 20.3. The fourth-order valence-electron chi connectivity index (χ4n) is 4.53. The van der Waals surface area contributed by atoms with Crippen molar-refractivity contribution in [2.24, 2.45) is 0 Å². The summed E-state index contributed by atoms with van der Waals surface area (Å²) in [6, 6.07) is 20.3. The molecule has 0 radical (unpaired) electrons. The molecule has 188 valence electrons. The first kappa shape index (κ1) is 26.4. The van der Waals surface area contributed by atoms with Crippen LogP contribution in [0.2, 0.25) is 10.0 Å². The number of amides is 1. The van der Waals surface area contributed by atoms with Gasteiger partial charge in [0.1, 0.15) is 0 Å². The molecule has 0 saturated carbocycles. The molecule has 0 unspecified atom stereocenters.